The van der Waals surface area contributed by atoms with Gasteiger partial charge in [0.15, 0.2) is 0 Å². The minimum absolute atomic E-state index is 0.445. The lowest BCUT2D eigenvalue weighted by Crippen LogP contribution is -2.19. The zero-order valence-corrected chi connectivity index (χ0v) is 10.5. The SMILES string of the molecule is CC1CNc2cc(OC3CCCCC3)ccc21. The largest absolute Gasteiger partial charge is 0.490 e. The predicted octanol–water partition coefficient (Wildman–Crippen LogP) is 3.93. The van der Waals surface area contributed by atoms with Crippen molar-refractivity contribution in [3.63, 3.8) is 0 Å². The normalized spacial score (nSPS) is 24.2. The fourth-order valence-corrected chi connectivity index (χ4v) is 2.94. The molecule has 1 aliphatic heterocycles. The van der Waals surface area contributed by atoms with Gasteiger partial charge in [-0.05, 0) is 37.3 Å². The Labute approximate surface area is 103 Å². The van der Waals surface area contributed by atoms with Crippen LogP contribution in [0.3, 0.4) is 0 Å². The Balaban J connectivity index is 1.71. The van der Waals surface area contributed by atoms with Crippen LogP contribution < -0.4 is 10.1 Å². The number of nitrogens with one attached hydrogen (secondary N) is 1. The first-order valence-electron chi connectivity index (χ1n) is 6.87. The molecule has 0 amide bonds. The van der Waals surface area contributed by atoms with Crippen LogP contribution in [0.25, 0.3) is 0 Å². The Hall–Kier alpha value is -1.18. The summed E-state index contributed by atoms with van der Waals surface area (Å²) >= 11 is 0. The first-order chi connectivity index (χ1) is 8.33. The van der Waals surface area contributed by atoms with Crippen molar-refractivity contribution >= 4 is 5.69 Å². The van der Waals surface area contributed by atoms with Crippen LogP contribution in [-0.2, 0) is 0 Å². The number of fused-ring (bicyclic) bond motifs is 1. The summed E-state index contributed by atoms with van der Waals surface area (Å²) < 4.78 is 6.08. The van der Waals surface area contributed by atoms with E-state index in [1.54, 1.807) is 0 Å². The van der Waals surface area contributed by atoms with Crippen LogP contribution >= 0.6 is 0 Å². The lowest BCUT2D eigenvalue weighted by Gasteiger charge is -2.23. The second-order valence-corrected chi connectivity index (χ2v) is 5.41. The summed E-state index contributed by atoms with van der Waals surface area (Å²) in [5.41, 5.74) is 2.70. The number of hydrogen-bond donors (Lipinski definition) is 1. The maximum absolute atomic E-state index is 6.08. The standard InChI is InChI=1S/C15H21NO/c1-11-10-16-15-9-13(7-8-14(11)15)17-12-5-3-2-4-6-12/h7-9,11-12,16H,2-6,10H2,1H3. The van der Waals surface area contributed by atoms with Gasteiger partial charge in [-0.3, -0.25) is 0 Å². The van der Waals surface area contributed by atoms with Gasteiger partial charge in [-0.1, -0.05) is 19.4 Å². The second kappa shape index (κ2) is 4.59. The number of anilines is 1. The molecule has 0 saturated heterocycles. The van der Waals surface area contributed by atoms with E-state index in [0.29, 0.717) is 12.0 Å². The van der Waals surface area contributed by atoms with E-state index in [9.17, 15) is 0 Å². The molecule has 1 saturated carbocycles. The molecule has 2 nitrogen and oxygen atoms in total. The van der Waals surface area contributed by atoms with E-state index in [-0.39, 0.29) is 0 Å². The molecule has 1 N–H and O–H groups in total. The van der Waals surface area contributed by atoms with Crippen molar-refractivity contribution < 1.29 is 4.74 Å². The van der Waals surface area contributed by atoms with Crippen molar-refractivity contribution in [1.29, 1.82) is 0 Å². The van der Waals surface area contributed by atoms with E-state index < -0.39 is 0 Å². The van der Waals surface area contributed by atoms with Crippen LogP contribution in [0.5, 0.6) is 5.75 Å². The molecule has 3 rings (SSSR count). The Morgan fingerprint density at radius 1 is 1.18 bits per heavy atom. The molecule has 0 aromatic heterocycles. The van der Waals surface area contributed by atoms with Gasteiger partial charge < -0.3 is 10.1 Å². The zero-order valence-electron chi connectivity index (χ0n) is 10.5. The first-order valence-corrected chi connectivity index (χ1v) is 6.87. The van der Waals surface area contributed by atoms with Gasteiger partial charge in [-0.15, -0.1) is 0 Å². The molecule has 1 aromatic carbocycles. The highest BCUT2D eigenvalue weighted by Crippen LogP contribution is 2.34. The monoisotopic (exact) mass is 231 g/mol. The Morgan fingerprint density at radius 3 is 2.82 bits per heavy atom. The van der Waals surface area contributed by atoms with Gasteiger partial charge in [0.2, 0.25) is 0 Å². The van der Waals surface area contributed by atoms with Gasteiger partial charge in [0, 0.05) is 24.2 Å². The first kappa shape index (κ1) is 10.9. The zero-order chi connectivity index (χ0) is 11.7. The number of benzene rings is 1. The van der Waals surface area contributed by atoms with Crippen LogP contribution in [0.1, 0.15) is 50.5 Å². The summed E-state index contributed by atoms with van der Waals surface area (Å²) in [7, 11) is 0. The molecule has 17 heavy (non-hydrogen) atoms. The van der Waals surface area contributed by atoms with Crippen molar-refractivity contribution in [2.45, 2.75) is 51.0 Å². The smallest absolute Gasteiger partial charge is 0.121 e. The molecule has 92 valence electrons. The van der Waals surface area contributed by atoms with Crippen molar-refractivity contribution in [3.8, 4) is 5.75 Å². The van der Waals surface area contributed by atoms with E-state index >= 15 is 0 Å². The lowest BCUT2D eigenvalue weighted by atomic mass is 9.97. The van der Waals surface area contributed by atoms with Crippen molar-refractivity contribution in [3.05, 3.63) is 23.8 Å². The van der Waals surface area contributed by atoms with Gasteiger partial charge in [-0.2, -0.15) is 0 Å². The van der Waals surface area contributed by atoms with E-state index in [0.717, 1.165) is 12.3 Å². The third-order valence-electron chi connectivity index (χ3n) is 4.01. The molecule has 1 unspecified atom stereocenters. The van der Waals surface area contributed by atoms with E-state index in [1.165, 1.54) is 43.4 Å². The topological polar surface area (TPSA) is 21.3 Å². The summed E-state index contributed by atoms with van der Waals surface area (Å²) in [4.78, 5) is 0. The van der Waals surface area contributed by atoms with Crippen LogP contribution in [0.4, 0.5) is 5.69 Å². The molecule has 2 aliphatic rings. The molecule has 2 heteroatoms. The van der Waals surface area contributed by atoms with Gasteiger partial charge in [-0.25, -0.2) is 0 Å². The molecule has 1 aromatic rings. The number of hydrogen-bond acceptors (Lipinski definition) is 2. The lowest BCUT2D eigenvalue weighted by molar-refractivity contribution is 0.155. The molecular formula is C15H21NO. The van der Waals surface area contributed by atoms with Gasteiger partial charge >= 0.3 is 0 Å². The Kier molecular flexibility index (Phi) is 2.96. The molecule has 0 spiro atoms. The summed E-state index contributed by atoms with van der Waals surface area (Å²) in [5.74, 6) is 1.67. The van der Waals surface area contributed by atoms with Gasteiger partial charge in [0.1, 0.15) is 5.75 Å². The molecule has 1 heterocycles. The third-order valence-corrected chi connectivity index (χ3v) is 4.01. The van der Waals surface area contributed by atoms with Crippen LogP contribution in [0.2, 0.25) is 0 Å². The van der Waals surface area contributed by atoms with Crippen molar-refractivity contribution in [1.82, 2.24) is 0 Å². The highest BCUT2D eigenvalue weighted by atomic mass is 16.5. The quantitative estimate of drug-likeness (QED) is 0.832. The summed E-state index contributed by atoms with van der Waals surface area (Å²) in [5, 5.41) is 3.45. The molecule has 0 radical (unpaired) electrons. The average Bonchev–Trinajstić information content (AvgIpc) is 2.72. The molecule has 0 bridgehead atoms. The fraction of sp³-hybridized carbons (Fsp3) is 0.600. The van der Waals surface area contributed by atoms with Crippen molar-refractivity contribution in [2.24, 2.45) is 0 Å². The maximum atomic E-state index is 6.08. The van der Waals surface area contributed by atoms with Gasteiger partial charge in [0.05, 0.1) is 6.10 Å². The maximum Gasteiger partial charge on any atom is 0.121 e. The van der Waals surface area contributed by atoms with Crippen LogP contribution in [-0.4, -0.2) is 12.6 Å². The number of rotatable bonds is 2. The summed E-state index contributed by atoms with van der Waals surface area (Å²) in [6, 6.07) is 6.53. The fourth-order valence-electron chi connectivity index (χ4n) is 2.94. The van der Waals surface area contributed by atoms with E-state index in [2.05, 4.69) is 30.4 Å². The second-order valence-electron chi connectivity index (χ2n) is 5.41. The minimum Gasteiger partial charge on any atom is -0.490 e. The van der Waals surface area contributed by atoms with E-state index in [1.807, 2.05) is 0 Å². The van der Waals surface area contributed by atoms with Crippen LogP contribution in [0, 0.1) is 0 Å². The van der Waals surface area contributed by atoms with Gasteiger partial charge in [0.25, 0.3) is 0 Å². The molecule has 1 fully saturated rings. The number of ether oxygens (including phenoxy) is 1. The molecular weight excluding hydrogens is 210 g/mol. The predicted molar refractivity (Wildman–Crippen MR) is 70.8 cm³/mol. The Morgan fingerprint density at radius 2 is 2.00 bits per heavy atom. The molecule has 1 aliphatic carbocycles. The highest BCUT2D eigenvalue weighted by molar-refractivity contribution is 5.60. The highest BCUT2D eigenvalue weighted by Gasteiger charge is 2.20. The third kappa shape index (κ3) is 2.26. The molecule has 1 atom stereocenters. The Bertz CT molecular complexity index is 396. The van der Waals surface area contributed by atoms with E-state index in [4.69, 9.17) is 4.74 Å². The van der Waals surface area contributed by atoms with Crippen molar-refractivity contribution in [2.75, 3.05) is 11.9 Å². The summed E-state index contributed by atoms with van der Waals surface area (Å²) in [6.07, 6.45) is 6.92. The minimum atomic E-state index is 0.445. The summed E-state index contributed by atoms with van der Waals surface area (Å²) in [6.45, 7) is 3.32. The van der Waals surface area contributed by atoms with Crippen LogP contribution in [0.15, 0.2) is 18.2 Å². The average molecular weight is 231 g/mol.